The van der Waals surface area contributed by atoms with Crippen molar-refractivity contribution in [2.45, 2.75) is 53.0 Å². The highest BCUT2D eigenvalue weighted by atomic mass is 16.2. The lowest BCUT2D eigenvalue weighted by Crippen LogP contribution is -2.44. The second-order valence-corrected chi connectivity index (χ2v) is 5.83. The quantitative estimate of drug-likeness (QED) is 0.866. The van der Waals surface area contributed by atoms with Crippen LogP contribution in [0.5, 0.6) is 0 Å². The largest absolute Gasteiger partial charge is 0.384 e. The molecule has 0 atom stereocenters. The number of hydrogen-bond acceptors (Lipinski definition) is 3. The molecule has 0 spiro atoms. The summed E-state index contributed by atoms with van der Waals surface area (Å²) in [5.74, 6) is 0.0166. The van der Waals surface area contributed by atoms with Crippen LogP contribution in [0.4, 0.5) is 5.69 Å². The van der Waals surface area contributed by atoms with Crippen molar-refractivity contribution in [1.82, 2.24) is 9.88 Å². The monoisotopic (exact) mass is 277 g/mol. The number of nitrogens with one attached hydrogen (secondary N) is 1. The number of anilines is 1. The zero-order chi connectivity index (χ0) is 15.3. The summed E-state index contributed by atoms with van der Waals surface area (Å²) in [7, 11) is 1.86. The van der Waals surface area contributed by atoms with E-state index in [1.54, 1.807) is 11.1 Å². The van der Waals surface area contributed by atoms with E-state index in [4.69, 9.17) is 0 Å². The summed E-state index contributed by atoms with van der Waals surface area (Å²) in [6.45, 7) is 11.1. The van der Waals surface area contributed by atoms with Gasteiger partial charge < -0.3 is 10.2 Å². The Kier molecular flexibility index (Phi) is 5.54. The lowest BCUT2D eigenvalue weighted by Gasteiger charge is -2.35. The van der Waals surface area contributed by atoms with Crippen LogP contribution >= 0.6 is 0 Å². The Hall–Kier alpha value is -1.58. The fourth-order valence-corrected chi connectivity index (χ4v) is 1.83. The maximum Gasteiger partial charge on any atom is 0.257 e. The molecule has 0 aliphatic rings. The average Bonchev–Trinajstić information content (AvgIpc) is 2.43. The summed E-state index contributed by atoms with van der Waals surface area (Å²) in [5, 5.41) is 3.32. The molecule has 0 unspecified atom stereocenters. The number of pyridine rings is 1. The third-order valence-electron chi connectivity index (χ3n) is 3.91. The lowest BCUT2D eigenvalue weighted by atomic mass is 9.99. The van der Waals surface area contributed by atoms with Crippen molar-refractivity contribution in [3.63, 3.8) is 0 Å². The fraction of sp³-hybridized carbons (Fsp3) is 0.625. The molecule has 1 aromatic heterocycles. The number of aryl methyl sites for hydroxylation is 1. The Morgan fingerprint density at radius 2 is 2.05 bits per heavy atom. The fourth-order valence-electron chi connectivity index (χ4n) is 1.83. The van der Waals surface area contributed by atoms with Gasteiger partial charge in [-0.15, -0.1) is 0 Å². The van der Waals surface area contributed by atoms with Crippen molar-refractivity contribution in [2.75, 3.05) is 18.9 Å². The number of nitrogens with zero attached hydrogens (tertiary/aromatic N) is 2. The summed E-state index contributed by atoms with van der Waals surface area (Å²) >= 11 is 0. The first kappa shape index (κ1) is 16.5. The van der Waals surface area contributed by atoms with Crippen molar-refractivity contribution in [1.29, 1.82) is 0 Å². The number of amides is 1. The molecule has 1 rings (SSSR count). The van der Waals surface area contributed by atoms with E-state index >= 15 is 0 Å². The van der Waals surface area contributed by atoms with Crippen LogP contribution in [0, 0.1) is 6.92 Å². The molecule has 1 amide bonds. The van der Waals surface area contributed by atoms with Gasteiger partial charge in [0.2, 0.25) is 0 Å². The average molecular weight is 277 g/mol. The smallest absolute Gasteiger partial charge is 0.257 e. The van der Waals surface area contributed by atoms with Gasteiger partial charge in [-0.25, -0.2) is 0 Å². The summed E-state index contributed by atoms with van der Waals surface area (Å²) in [5.41, 5.74) is 2.28. The molecule has 1 heterocycles. The maximum absolute atomic E-state index is 12.7. The second kappa shape index (κ2) is 6.73. The van der Waals surface area contributed by atoms with Crippen LogP contribution < -0.4 is 5.32 Å². The Morgan fingerprint density at radius 1 is 1.40 bits per heavy atom. The van der Waals surface area contributed by atoms with E-state index < -0.39 is 0 Å². The van der Waals surface area contributed by atoms with Gasteiger partial charge in [-0.05, 0) is 39.7 Å². The van der Waals surface area contributed by atoms with Crippen LogP contribution in [0.1, 0.15) is 56.6 Å². The zero-order valence-electron chi connectivity index (χ0n) is 13.6. The van der Waals surface area contributed by atoms with Crippen molar-refractivity contribution < 1.29 is 4.79 Å². The Bertz CT molecular complexity index is 469. The summed E-state index contributed by atoms with van der Waals surface area (Å²) < 4.78 is 0. The molecule has 0 saturated heterocycles. The van der Waals surface area contributed by atoms with Crippen molar-refractivity contribution in [3.05, 3.63) is 23.5 Å². The van der Waals surface area contributed by atoms with Crippen LogP contribution in [0.15, 0.2) is 12.3 Å². The molecule has 0 fully saturated rings. The topological polar surface area (TPSA) is 45.2 Å². The number of carbonyl (C=O) groups is 1. The van der Waals surface area contributed by atoms with Gasteiger partial charge in [0.15, 0.2) is 0 Å². The summed E-state index contributed by atoms with van der Waals surface area (Å²) in [6.07, 6.45) is 3.61. The normalized spacial score (nSPS) is 11.3. The molecule has 0 aliphatic heterocycles. The molecule has 0 saturated carbocycles. The van der Waals surface area contributed by atoms with Crippen LogP contribution in [-0.4, -0.2) is 34.9 Å². The van der Waals surface area contributed by atoms with E-state index in [9.17, 15) is 4.79 Å². The number of aromatic nitrogens is 1. The predicted molar refractivity (Wildman–Crippen MR) is 84.2 cm³/mol. The molecule has 0 radical (unpaired) electrons. The highest BCUT2D eigenvalue weighted by molar-refractivity contribution is 5.99. The van der Waals surface area contributed by atoms with E-state index in [1.165, 1.54) is 0 Å². The highest BCUT2D eigenvalue weighted by Gasteiger charge is 2.28. The minimum absolute atomic E-state index is 0.0166. The van der Waals surface area contributed by atoms with Gasteiger partial charge in [0, 0.05) is 31.0 Å². The third kappa shape index (κ3) is 3.71. The van der Waals surface area contributed by atoms with E-state index in [0.29, 0.717) is 5.56 Å². The molecular weight excluding hydrogens is 250 g/mol. The van der Waals surface area contributed by atoms with Gasteiger partial charge in [0.25, 0.3) is 5.91 Å². The van der Waals surface area contributed by atoms with E-state index in [1.807, 2.05) is 20.0 Å². The minimum atomic E-state index is -0.163. The molecular formula is C16H27N3O. The minimum Gasteiger partial charge on any atom is -0.384 e. The van der Waals surface area contributed by atoms with E-state index in [0.717, 1.165) is 30.8 Å². The molecule has 112 valence electrons. The number of rotatable bonds is 6. The Morgan fingerprint density at radius 3 is 2.60 bits per heavy atom. The molecule has 1 N–H and O–H groups in total. The molecule has 0 aromatic carbocycles. The van der Waals surface area contributed by atoms with Gasteiger partial charge in [0.1, 0.15) is 0 Å². The molecule has 4 nitrogen and oxygen atoms in total. The van der Waals surface area contributed by atoms with Crippen molar-refractivity contribution in [3.8, 4) is 0 Å². The van der Waals surface area contributed by atoms with E-state index in [2.05, 4.69) is 38.0 Å². The Balaban J connectivity index is 3.08. The first-order valence-electron chi connectivity index (χ1n) is 7.32. The SMILES string of the molecule is CCCNc1cc(C)ncc1C(=O)N(C)C(C)(C)CC. The van der Waals surface area contributed by atoms with Crippen LogP contribution in [0.25, 0.3) is 0 Å². The van der Waals surface area contributed by atoms with Crippen LogP contribution in [0.3, 0.4) is 0 Å². The first-order chi connectivity index (χ1) is 9.33. The Labute approximate surface area is 122 Å². The first-order valence-corrected chi connectivity index (χ1v) is 7.32. The van der Waals surface area contributed by atoms with Gasteiger partial charge in [-0.2, -0.15) is 0 Å². The van der Waals surface area contributed by atoms with Crippen LogP contribution in [-0.2, 0) is 0 Å². The molecule has 4 heteroatoms. The number of carbonyl (C=O) groups excluding carboxylic acids is 1. The van der Waals surface area contributed by atoms with Crippen molar-refractivity contribution >= 4 is 11.6 Å². The van der Waals surface area contributed by atoms with Crippen LogP contribution in [0.2, 0.25) is 0 Å². The summed E-state index contributed by atoms with van der Waals surface area (Å²) in [4.78, 5) is 18.8. The predicted octanol–water partition coefficient (Wildman–Crippen LogP) is 3.47. The van der Waals surface area contributed by atoms with Gasteiger partial charge >= 0.3 is 0 Å². The molecule has 0 aliphatic carbocycles. The third-order valence-corrected chi connectivity index (χ3v) is 3.91. The van der Waals surface area contributed by atoms with Gasteiger partial charge in [0.05, 0.1) is 11.3 Å². The zero-order valence-corrected chi connectivity index (χ0v) is 13.6. The maximum atomic E-state index is 12.7. The van der Waals surface area contributed by atoms with Gasteiger partial charge in [-0.1, -0.05) is 13.8 Å². The lowest BCUT2D eigenvalue weighted by molar-refractivity contribution is 0.0621. The highest BCUT2D eigenvalue weighted by Crippen LogP contribution is 2.23. The van der Waals surface area contributed by atoms with Crippen molar-refractivity contribution in [2.24, 2.45) is 0 Å². The second-order valence-electron chi connectivity index (χ2n) is 5.83. The summed E-state index contributed by atoms with van der Waals surface area (Å²) in [6, 6.07) is 1.94. The molecule has 20 heavy (non-hydrogen) atoms. The molecule has 0 bridgehead atoms. The van der Waals surface area contributed by atoms with Gasteiger partial charge in [-0.3, -0.25) is 9.78 Å². The standard InChI is InChI=1S/C16H27N3O/c1-7-9-17-14-10-12(3)18-11-13(14)15(20)19(6)16(4,5)8-2/h10-11H,7-9H2,1-6H3,(H,17,18). The number of hydrogen-bond donors (Lipinski definition) is 1. The van der Waals surface area contributed by atoms with E-state index in [-0.39, 0.29) is 11.4 Å². The molecule has 1 aromatic rings.